The Morgan fingerprint density at radius 1 is 1.11 bits per heavy atom. The summed E-state index contributed by atoms with van der Waals surface area (Å²) in [6.07, 6.45) is -1.08. The number of carbonyl (C=O) groups is 3. The number of halogens is 3. The molecule has 0 aromatic carbocycles. The minimum absolute atomic E-state index is 0.0104. The van der Waals surface area contributed by atoms with Crippen LogP contribution in [0.4, 0.5) is 13.2 Å². The van der Waals surface area contributed by atoms with Crippen LogP contribution in [0.2, 0.25) is 0 Å². The molecule has 0 radical (unpaired) electrons. The van der Waals surface area contributed by atoms with Crippen molar-refractivity contribution in [2.24, 2.45) is 11.8 Å². The maximum absolute atomic E-state index is 11.1. The van der Waals surface area contributed by atoms with Gasteiger partial charge in [-0.2, -0.15) is 13.2 Å². The highest BCUT2D eigenvalue weighted by atomic mass is 19.4. The molecule has 1 aliphatic carbocycles. The van der Waals surface area contributed by atoms with Crippen molar-refractivity contribution < 1.29 is 32.7 Å². The first-order valence-corrected chi connectivity index (χ1v) is 5.38. The molecular formula is C10H12F3NO4. The van der Waals surface area contributed by atoms with E-state index in [4.69, 9.17) is 9.90 Å². The van der Waals surface area contributed by atoms with E-state index in [9.17, 15) is 22.8 Å². The summed E-state index contributed by atoms with van der Waals surface area (Å²) in [6.45, 7) is 0. The van der Waals surface area contributed by atoms with Gasteiger partial charge in [0.15, 0.2) is 0 Å². The van der Waals surface area contributed by atoms with E-state index in [-0.39, 0.29) is 23.7 Å². The lowest BCUT2D eigenvalue weighted by molar-refractivity contribution is -0.192. The number of carbonyl (C=O) groups excluding carboxylic acids is 2. The maximum atomic E-state index is 11.1. The summed E-state index contributed by atoms with van der Waals surface area (Å²) in [6, 6.07) is 0. The van der Waals surface area contributed by atoms with Gasteiger partial charge in [-0.25, -0.2) is 4.79 Å². The fourth-order valence-corrected chi connectivity index (χ4v) is 2.07. The van der Waals surface area contributed by atoms with Gasteiger partial charge in [-0.3, -0.25) is 14.9 Å². The standard InChI is InChI=1S/C8H11NO2.C2HF3O2/c10-7-5-3-1-2-4-6(5)8(11)9-7;3-2(4,5)1(6)7/h5-6H,1-4H2,(H,9,10,11);(H,6,7). The Bertz CT molecular complexity index is 345. The summed E-state index contributed by atoms with van der Waals surface area (Å²) in [5.41, 5.74) is 0. The number of carboxylic acids is 1. The third-order valence-corrected chi connectivity index (χ3v) is 2.93. The van der Waals surface area contributed by atoms with Gasteiger partial charge in [0.1, 0.15) is 0 Å². The summed E-state index contributed by atoms with van der Waals surface area (Å²) in [5.74, 6) is -2.82. The lowest BCUT2D eigenvalue weighted by Gasteiger charge is -2.19. The van der Waals surface area contributed by atoms with Crippen LogP contribution in [0.3, 0.4) is 0 Å². The molecule has 1 heterocycles. The number of aliphatic carboxylic acids is 1. The Hall–Kier alpha value is -1.60. The van der Waals surface area contributed by atoms with Gasteiger partial charge in [0, 0.05) is 11.8 Å². The van der Waals surface area contributed by atoms with Crippen LogP contribution in [0.25, 0.3) is 0 Å². The molecular weight excluding hydrogens is 255 g/mol. The molecule has 8 heteroatoms. The molecule has 102 valence electrons. The van der Waals surface area contributed by atoms with Crippen molar-refractivity contribution in [2.45, 2.75) is 31.9 Å². The van der Waals surface area contributed by atoms with E-state index in [0.29, 0.717) is 0 Å². The molecule has 18 heavy (non-hydrogen) atoms. The molecule has 2 N–H and O–H groups in total. The highest BCUT2D eigenvalue weighted by Crippen LogP contribution is 2.33. The van der Waals surface area contributed by atoms with Crippen molar-refractivity contribution in [3.05, 3.63) is 0 Å². The molecule has 2 unspecified atom stereocenters. The summed E-state index contributed by atoms with van der Waals surface area (Å²) in [5, 5.41) is 9.51. The first-order chi connectivity index (χ1) is 8.23. The topological polar surface area (TPSA) is 83.5 Å². The molecule has 2 fully saturated rings. The van der Waals surface area contributed by atoms with E-state index in [1.807, 2.05) is 0 Å². The predicted octanol–water partition coefficient (Wildman–Crippen LogP) is 1.08. The second-order valence-corrected chi connectivity index (χ2v) is 4.15. The van der Waals surface area contributed by atoms with Gasteiger partial charge >= 0.3 is 12.1 Å². The van der Waals surface area contributed by atoms with Gasteiger partial charge < -0.3 is 5.11 Å². The lowest BCUT2D eigenvalue weighted by Crippen LogP contribution is -2.21. The summed E-state index contributed by atoms with van der Waals surface area (Å²) in [7, 11) is 0. The fourth-order valence-electron chi connectivity index (χ4n) is 2.07. The number of hydrogen-bond acceptors (Lipinski definition) is 3. The molecule has 0 aromatic rings. The molecule has 2 amide bonds. The van der Waals surface area contributed by atoms with Gasteiger partial charge in [0.25, 0.3) is 0 Å². The lowest BCUT2D eigenvalue weighted by atomic mass is 9.81. The third-order valence-electron chi connectivity index (χ3n) is 2.93. The van der Waals surface area contributed by atoms with Crippen molar-refractivity contribution >= 4 is 17.8 Å². The van der Waals surface area contributed by atoms with Crippen LogP contribution >= 0.6 is 0 Å². The molecule has 1 saturated heterocycles. The van der Waals surface area contributed by atoms with Gasteiger partial charge in [-0.15, -0.1) is 0 Å². The summed E-state index contributed by atoms with van der Waals surface area (Å²) < 4.78 is 31.7. The Kier molecular flexibility index (Phi) is 4.31. The minimum Gasteiger partial charge on any atom is -0.475 e. The Labute approximate surface area is 100 Å². The van der Waals surface area contributed by atoms with Crippen LogP contribution in [-0.4, -0.2) is 29.1 Å². The van der Waals surface area contributed by atoms with Crippen molar-refractivity contribution in [1.82, 2.24) is 5.32 Å². The molecule has 5 nitrogen and oxygen atoms in total. The highest BCUT2D eigenvalue weighted by molar-refractivity contribution is 6.05. The number of rotatable bonds is 0. The second kappa shape index (κ2) is 5.36. The Balaban J connectivity index is 0.000000203. The SMILES string of the molecule is O=C(O)C(F)(F)F.O=C1NC(=O)C2CCCCC12. The molecule has 1 saturated carbocycles. The van der Waals surface area contributed by atoms with Crippen LogP contribution in [0.1, 0.15) is 25.7 Å². The number of fused-ring (bicyclic) bond motifs is 1. The fraction of sp³-hybridized carbons (Fsp3) is 0.700. The average Bonchev–Trinajstić information content (AvgIpc) is 2.55. The molecule has 1 aliphatic heterocycles. The van der Waals surface area contributed by atoms with Crippen molar-refractivity contribution in [1.29, 1.82) is 0 Å². The normalized spacial score (nSPS) is 26.8. The van der Waals surface area contributed by atoms with Crippen molar-refractivity contribution in [3.8, 4) is 0 Å². The Morgan fingerprint density at radius 2 is 1.44 bits per heavy atom. The van der Waals surface area contributed by atoms with E-state index < -0.39 is 12.1 Å². The molecule has 0 bridgehead atoms. The summed E-state index contributed by atoms with van der Waals surface area (Å²) >= 11 is 0. The van der Waals surface area contributed by atoms with Gasteiger partial charge in [0.2, 0.25) is 11.8 Å². The quantitative estimate of drug-likeness (QED) is 0.643. The zero-order chi connectivity index (χ0) is 13.9. The van der Waals surface area contributed by atoms with Crippen molar-refractivity contribution in [3.63, 3.8) is 0 Å². The number of amides is 2. The average molecular weight is 267 g/mol. The van der Waals surface area contributed by atoms with E-state index in [0.717, 1.165) is 25.7 Å². The van der Waals surface area contributed by atoms with Crippen molar-refractivity contribution in [2.75, 3.05) is 0 Å². The molecule has 0 aromatic heterocycles. The van der Waals surface area contributed by atoms with Crippen LogP contribution < -0.4 is 5.32 Å². The molecule has 2 atom stereocenters. The van der Waals surface area contributed by atoms with Crippen LogP contribution in [0, 0.1) is 11.8 Å². The number of carboxylic acid groups (broad SMARTS) is 1. The molecule has 2 aliphatic rings. The zero-order valence-electron chi connectivity index (χ0n) is 9.29. The Morgan fingerprint density at radius 3 is 1.72 bits per heavy atom. The van der Waals surface area contributed by atoms with E-state index in [2.05, 4.69) is 5.32 Å². The molecule has 2 rings (SSSR count). The third kappa shape index (κ3) is 3.44. The van der Waals surface area contributed by atoms with E-state index in [1.54, 1.807) is 0 Å². The van der Waals surface area contributed by atoms with Crippen LogP contribution in [0.15, 0.2) is 0 Å². The highest BCUT2D eigenvalue weighted by Gasteiger charge is 2.42. The van der Waals surface area contributed by atoms with E-state index >= 15 is 0 Å². The van der Waals surface area contributed by atoms with Gasteiger partial charge in [-0.05, 0) is 12.8 Å². The predicted molar refractivity (Wildman–Crippen MR) is 52.3 cm³/mol. The first-order valence-electron chi connectivity index (χ1n) is 5.38. The minimum atomic E-state index is -5.08. The zero-order valence-corrected chi connectivity index (χ0v) is 9.29. The molecule has 0 spiro atoms. The smallest absolute Gasteiger partial charge is 0.475 e. The monoisotopic (exact) mass is 267 g/mol. The number of nitrogens with one attached hydrogen (secondary N) is 1. The largest absolute Gasteiger partial charge is 0.490 e. The van der Waals surface area contributed by atoms with Gasteiger partial charge in [-0.1, -0.05) is 12.8 Å². The van der Waals surface area contributed by atoms with Gasteiger partial charge in [0.05, 0.1) is 0 Å². The second-order valence-electron chi connectivity index (χ2n) is 4.15. The first kappa shape index (κ1) is 14.5. The number of imide groups is 1. The van der Waals surface area contributed by atoms with Crippen LogP contribution in [-0.2, 0) is 14.4 Å². The van der Waals surface area contributed by atoms with Crippen LogP contribution in [0.5, 0.6) is 0 Å². The summed E-state index contributed by atoms with van der Waals surface area (Å²) in [4.78, 5) is 31.1. The number of alkyl halides is 3. The van der Waals surface area contributed by atoms with E-state index in [1.165, 1.54) is 0 Å². The number of hydrogen-bond donors (Lipinski definition) is 2. The maximum Gasteiger partial charge on any atom is 0.490 e.